The lowest BCUT2D eigenvalue weighted by atomic mass is 10.1. The molecule has 1 aromatic carbocycles. The first kappa shape index (κ1) is 14.2. The summed E-state index contributed by atoms with van der Waals surface area (Å²) in [6.45, 7) is 7.72. The minimum Gasteiger partial charge on any atom is -0.424 e. The molecular weight excluding hydrogens is 266 g/mol. The van der Waals surface area contributed by atoms with Crippen LogP contribution in [0.3, 0.4) is 0 Å². The Hall–Kier alpha value is -1.72. The van der Waals surface area contributed by atoms with Crippen molar-refractivity contribution in [2.24, 2.45) is 0 Å². The van der Waals surface area contributed by atoms with Crippen molar-refractivity contribution in [2.45, 2.75) is 39.0 Å². The number of ether oxygens (including phenoxy) is 1. The van der Waals surface area contributed by atoms with E-state index >= 15 is 0 Å². The molecule has 21 heavy (non-hydrogen) atoms. The van der Waals surface area contributed by atoms with E-state index < -0.39 is 0 Å². The predicted molar refractivity (Wildman–Crippen MR) is 78.8 cm³/mol. The summed E-state index contributed by atoms with van der Waals surface area (Å²) in [6, 6.07) is 10.5. The van der Waals surface area contributed by atoms with Crippen molar-refractivity contribution in [3.8, 4) is 0 Å². The van der Waals surface area contributed by atoms with Crippen LogP contribution in [0.2, 0.25) is 0 Å². The first-order chi connectivity index (χ1) is 10.1. The van der Waals surface area contributed by atoms with Gasteiger partial charge in [0, 0.05) is 20.0 Å². The molecule has 2 heterocycles. The van der Waals surface area contributed by atoms with Crippen molar-refractivity contribution in [1.82, 2.24) is 15.1 Å². The molecule has 1 aliphatic rings. The number of benzene rings is 1. The molecule has 0 N–H and O–H groups in total. The molecule has 5 nitrogen and oxygen atoms in total. The number of aryl methyl sites for hydroxylation is 1. The largest absolute Gasteiger partial charge is 0.424 e. The molecular formula is C16H21N3O2. The first-order valence-electron chi connectivity index (χ1n) is 7.38. The second-order valence-electron chi connectivity index (χ2n) is 5.64. The van der Waals surface area contributed by atoms with Gasteiger partial charge in [-0.15, -0.1) is 10.2 Å². The van der Waals surface area contributed by atoms with Crippen LogP contribution < -0.4 is 0 Å². The molecule has 0 spiro atoms. The van der Waals surface area contributed by atoms with Crippen LogP contribution >= 0.6 is 0 Å². The number of hydrogen-bond acceptors (Lipinski definition) is 5. The zero-order valence-electron chi connectivity index (χ0n) is 12.7. The average Bonchev–Trinajstić information content (AvgIpc) is 2.93. The molecule has 0 bridgehead atoms. The summed E-state index contributed by atoms with van der Waals surface area (Å²) in [4.78, 5) is 2.35. The zero-order chi connectivity index (χ0) is 14.8. The molecule has 112 valence electrons. The van der Waals surface area contributed by atoms with E-state index in [-0.39, 0.29) is 18.2 Å². The van der Waals surface area contributed by atoms with E-state index in [0.29, 0.717) is 11.8 Å². The lowest BCUT2D eigenvalue weighted by Crippen LogP contribution is -2.44. The summed E-state index contributed by atoms with van der Waals surface area (Å²) in [5.41, 5.74) is 1.21. The van der Waals surface area contributed by atoms with E-state index in [1.165, 1.54) is 5.56 Å². The third-order valence-corrected chi connectivity index (χ3v) is 3.91. The highest BCUT2D eigenvalue weighted by Gasteiger charge is 2.31. The third-order valence-electron chi connectivity index (χ3n) is 3.91. The fraction of sp³-hybridized carbons (Fsp3) is 0.500. The van der Waals surface area contributed by atoms with Gasteiger partial charge in [-0.25, -0.2) is 0 Å². The third kappa shape index (κ3) is 3.14. The van der Waals surface area contributed by atoms with Gasteiger partial charge in [0.15, 0.2) is 0 Å². The highest BCUT2D eigenvalue weighted by Crippen LogP contribution is 2.30. The van der Waals surface area contributed by atoms with Gasteiger partial charge in [-0.3, -0.25) is 4.90 Å². The van der Waals surface area contributed by atoms with Gasteiger partial charge in [0.1, 0.15) is 0 Å². The SMILES string of the molecule is Cc1nnc([C@H](C)N2C[C@@H](C)O[C@@H](c3ccccc3)C2)o1. The van der Waals surface area contributed by atoms with Gasteiger partial charge < -0.3 is 9.15 Å². The van der Waals surface area contributed by atoms with Crippen LogP contribution in [0.4, 0.5) is 0 Å². The van der Waals surface area contributed by atoms with Crippen molar-refractivity contribution in [1.29, 1.82) is 0 Å². The van der Waals surface area contributed by atoms with Gasteiger partial charge in [-0.2, -0.15) is 0 Å². The standard InChI is InChI=1S/C16H21N3O2/c1-11-9-19(12(2)16-18-17-13(3)21-16)10-15(20-11)14-7-5-4-6-8-14/h4-8,11-12,15H,9-10H2,1-3H3/t11-,12+,15-/m1/s1. The van der Waals surface area contributed by atoms with Gasteiger partial charge >= 0.3 is 0 Å². The highest BCUT2D eigenvalue weighted by atomic mass is 16.5. The van der Waals surface area contributed by atoms with Crippen LogP contribution in [0.5, 0.6) is 0 Å². The van der Waals surface area contributed by atoms with Crippen molar-refractivity contribution in [3.05, 3.63) is 47.7 Å². The normalized spacial score (nSPS) is 24.9. The van der Waals surface area contributed by atoms with Crippen LogP contribution in [0, 0.1) is 6.92 Å². The summed E-state index contributed by atoms with van der Waals surface area (Å²) in [5.74, 6) is 1.28. The van der Waals surface area contributed by atoms with E-state index in [1.807, 2.05) is 25.1 Å². The fourth-order valence-corrected chi connectivity index (χ4v) is 2.79. The van der Waals surface area contributed by atoms with Gasteiger partial charge in [0.05, 0.1) is 18.2 Å². The Kier molecular flexibility index (Phi) is 4.03. The van der Waals surface area contributed by atoms with Crippen molar-refractivity contribution in [2.75, 3.05) is 13.1 Å². The molecule has 0 unspecified atom stereocenters. The summed E-state index contributed by atoms with van der Waals surface area (Å²) >= 11 is 0. The van der Waals surface area contributed by atoms with Crippen molar-refractivity contribution >= 4 is 0 Å². The van der Waals surface area contributed by atoms with E-state index in [2.05, 4.69) is 41.1 Å². The summed E-state index contributed by atoms with van der Waals surface area (Å²) in [6.07, 6.45) is 0.261. The molecule has 2 aromatic rings. The number of morpholine rings is 1. The van der Waals surface area contributed by atoms with Crippen LogP contribution in [0.25, 0.3) is 0 Å². The molecule has 1 aliphatic heterocycles. The smallest absolute Gasteiger partial charge is 0.233 e. The maximum absolute atomic E-state index is 6.09. The van der Waals surface area contributed by atoms with E-state index in [1.54, 1.807) is 0 Å². The Morgan fingerprint density at radius 2 is 1.95 bits per heavy atom. The predicted octanol–water partition coefficient (Wildman–Crippen LogP) is 2.90. The number of rotatable bonds is 3. The number of nitrogens with zero attached hydrogens (tertiary/aromatic N) is 3. The lowest BCUT2D eigenvalue weighted by molar-refractivity contribution is -0.0918. The van der Waals surface area contributed by atoms with E-state index in [4.69, 9.17) is 9.15 Å². The maximum Gasteiger partial charge on any atom is 0.233 e. The van der Waals surface area contributed by atoms with Crippen LogP contribution in [-0.4, -0.2) is 34.3 Å². The molecule has 0 aliphatic carbocycles. The summed E-state index contributed by atoms with van der Waals surface area (Å²) in [5, 5.41) is 8.07. The Labute approximate surface area is 124 Å². The van der Waals surface area contributed by atoms with Gasteiger partial charge in [-0.05, 0) is 19.4 Å². The zero-order valence-corrected chi connectivity index (χ0v) is 12.7. The Morgan fingerprint density at radius 1 is 1.19 bits per heavy atom. The molecule has 1 aromatic heterocycles. The minimum absolute atomic E-state index is 0.0846. The molecule has 1 fully saturated rings. The van der Waals surface area contributed by atoms with E-state index in [0.717, 1.165) is 13.1 Å². The molecule has 3 rings (SSSR count). The van der Waals surface area contributed by atoms with Crippen molar-refractivity contribution in [3.63, 3.8) is 0 Å². The molecule has 1 saturated heterocycles. The summed E-state index contributed by atoms with van der Waals surface area (Å²) in [7, 11) is 0. The van der Waals surface area contributed by atoms with E-state index in [9.17, 15) is 0 Å². The molecule has 3 atom stereocenters. The fourth-order valence-electron chi connectivity index (χ4n) is 2.79. The molecule has 5 heteroatoms. The van der Waals surface area contributed by atoms with Gasteiger partial charge in [-0.1, -0.05) is 30.3 Å². The van der Waals surface area contributed by atoms with Crippen molar-refractivity contribution < 1.29 is 9.15 Å². The second kappa shape index (κ2) is 5.95. The van der Waals surface area contributed by atoms with Crippen LogP contribution in [-0.2, 0) is 4.74 Å². The van der Waals surface area contributed by atoms with Crippen LogP contribution in [0.15, 0.2) is 34.7 Å². The molecule has 0 amide bonds. The Morgan fingerprint density at radius 3 is 2.62 bits per heavy atom. The molecule has 0 saturated carbocycles. The Balaban J connectivity index is 1.77. The highest BCUT2D eigenvalue weighted by molar-refractivity contribution is 5.18. The average molecular weight is 287 g/mol. The summed E-state index contributed by atoms with van der Waals surface area (Å²) < 4.78 is 11.7. The van der Waals surface area contributed by atoms with Gasteiger partial charge in [0.25, 0.3) is 0 Å². The Bertz CT molecular complexity index is 584. The first-order valence-corrected chi connectivity index (χ1v) is 7.38. The quantitative estimate of drug-likeness (QED) is 0.868. The topological polar surface area (TPSA) is 51.4 Å². The molecule has 0 radical (unpaired) electrons. The second-order valence-corrected chi connectivity index (χ2v) is 5.64. The maximum atomic E-state index is 6.09. The number of hydrogen-bond donors (Lipinski definition) is 0. The monoisotopic (exact) mass is 287 g/mol. The van der Waals surface area contributed by atoms with Gasteiger partial charge in [0.2, 0.25) is 11.8 Å². The lowest BCUT2D eigenvalue weighted by Gasteiger charge is -2.39. The van der Waals surface area contributed by atoms with Crippen LogP contribution in [0.1, 0.15) is 43.3 Å². The minimum atomic E-state index is 0.0846. The number of aromatic nitrogens is 2.